The third kappa shape index (κ3) is 3.49. The molecule has 3 aromatic rings. The molecule has 2 heterocycles. The van der Waals surface area contributed by atoms with Gasteiger partial charge in [0.05, 0.1) is 18.1 Å². The zero-order valence-electron chi connectivity index (χ0n) is 15.6. The maximum atomic E-state index is 13.0. The van der Waals surface area contributed by atoms with E-state index in [-0.39, 0.29) is 18.2 Å². The van der Waals surface area contributed by atoms with Crippen LogP contribution in [-0.2, 0) is 9.84 Å². The molecule has 2 aromatic carbocycles. The Kier molecular flexibility index (Phi) is 4.85. The van der Waals surface area contributed by atoms with Gasteiger partial charge in [0.2, 0.25) is 0 Å². The van der Waals surface area contributed by atoms with Gasteiger partial charge in [-0.05, 0) is 30.2 Å². The highest BCUT2D eigenvalue weighted by molar-refractivity contribution is 7.91. The summed E-state index contributed by atoms with van der Waals surface area (Å²) in [6.45, 7) is 0.597. The summed E-state index contributed by atoms with van der Waals surface area (Å²) >= 11 is 0. The molecule has 28 heavy (non-hydrogen) atoms. The number of hydrogen-bond acceptors (Lipinski definition) is 4. The van der Waals surface area contributed by atoms with Crippen molar-refractivity contribution in [2.24, 2.45) is 0 Å². The van der Waals surface area contributed by atoms with Crippen LogP contribution in [-0.4, -0.2) is 50.2 Å². The smallest absolute Gasteiger partial charge is 0.270 e. The van der Waals surface area contributed by atoms with Crippen LogP contribution in [0, 0.1) is 0 Å². The van der Waals surface area contributed by atoms with E-state index in [0.717, 1.165) is 16.5 Å². The molecule has 0 radical (unpaired) electrons. The highest BCUT2D eigenvalue weighted by Crippen LogP contribution is 2.30. The molecular formula is C21H22N2O4S. The first-order valence-electron chi connectivity index (χ1n) is 9.20. The van der Waals surface area contributed by atoms with Crippen LogP contribution >= 0.6 is 0 Å². The predicted octanol–water partition coefficient (Wildman–Crippen LogP) is 3.18. The summed E-state index contributed by atoms with van der Waals surface area (Å²) in [7, 11) is -1.72. The molecule has 0 bridgehead atoms. The van der Waals surface area contributed by atoms with Crippen LogP contribution in [0.2, 0.25) is 0 Å². The van der Waals surface area contributed by atoms with Gasteiger partial charge in [-0.2, -0.15) is 0 Å². The first kappa shape index (κ1) is 18.6. The van der Waals surface area contributed by atoms with Gasteiger partial charge in [-0.25, -0.2) is 8.42 Å². The van der Waals surface area contributed by atoms with E-state index in [1.165, 1.54) is 0 Å². The van der Waals surface area contributed by atoms with E-state index in [1.54, 1.807) is 18.1 Å². The Morgan fingerprint density at radius 1 is 1.11 bits per heavy atom. The molecule has 1 atom stereocenters. The summed E-state index contributed by atoms with van der Waals surface area (Å²) in [5, 5.41) is 0.340. The quantitative estimate of drug-likeness (QED) is 0.735. The van der Waals surface area contributed by atoms with Crippen LogP contribution in [0.15, 0.2) is 54.6 Å². The Hall–Kier alpha value is -2.80. The Bertz CT molecular complexity index is 1110. The Labute approximate surface area is 164 Å². The number of methoxy groups -OCH3 is 1. The normalized spacial score (nSPS) is 19.3. The number of nitrogens with one attached hydrogen (secondary N) is 1. The van der Waals surface area contributed by atoms with Gasteiger partial charge in [-0.1, -0.05) is 30.3 Å². The minimum atomic E-state index is -3.32. The lowest BCUT2D eigenvalue weighted by atomic mass is 10.1. The molecule has 4 rings (SSSR count). The maximum Gasteiger partial charge on any atom is 0.270 e. The van der Waals surface area contributed by atoms with Gasteiger partial charge in [0.15, 0.2) is 9.84 Å². The molecule has 0 saturated carbocycles. The zero-order valence-corrected chi connectivity index (χ0v) is 16.4. The molecule has 1 saturated heterocycles. The van der Waals surface area contributed by atoms with Gasteiger partial charge < -0.3 is 14.6 Å². The van der Waals surface area contributed by atoms with Crippen LogP contribution in [0.25, 0.3) is 10.9 Å². The Morgan fingerprint density at radius 2 is 1.89 bits per heavy atom. The number of sulfone groups is 1. The lowest BCUT2D eigenvalue weighted by Gasteiger charge is -2.19. The maximum absolute atomic E-state index is 13.0. The summed E-state index contributed by atoms with van der Waals surface area (Å²) < 4.78 is 30.7. The molecule has 1 amide bonds. The van der Waals surface area contributed by atoms with E-state index >= 15 is 0 Å². The van der Waals surface area contributed by atoms with Crippen LogP contribution < -0.4 is 4.74 Å². The summed E-state index contributed by atoms with van der Waals surface area (Å²) in [4.78, 5) is 17.8. The van der Waals surface area contributed by atoms with Gasteiger partial charge in [0.25, 0.3) is 5.91 Å². The lowest BCUT2D eigenvalue weighted by Crippen LogP contribution is -2.33. The number of rotatable bonds is 3. The molecule has 0 aliphatic carbocycles. The molecule has 1 N–H and O–H groups in total. The van der Waals surface area contributed by atoms with Gasteiger partial charge in [-0.15, -0.1) is 0 Å². The number of H-pyrrole nitrogens is 1. The van der Waals surface area contributed by atoms with E-state index in [0.29, 0.717) is 24.4 Å². The van der Waals surface area contributed by atoms with Gasteiger partial charge >= 0.3 is 0 Å². The number of aromatic nitrogens is 1. The fourth-order valence-corrected chi connectivity index (χ4v) is 5.50. The van der Waals surface area contributed by atoms with Crippen molar-refractivity contribution in [3.8, 4) is 5.75 Å². The molecular weight excluding hydrogens is 376 g/mol. The number of carbonyl (C=O) groups is 1. The summed E-state index contributed by atoms with van der Waals surface area (Å²) in [5.74, 6) is 0.491. The number of nitrogens with zero attached hydrogens (tertiary/aromatic N) is 1. The van der Waals surface area contributed by atoms with E-state index < -0.39 is 15.1 Å². The van der Waals surface area contributed by atoms with Crippen LogP contribution in [0.4, 0.5) is 0 Å². The highest BCUT2D eigenvalue weighted by Gasteiger charge is 2.33. The lowest BCUT2D eigenvalue weighted by molar-refractivity contribution is 0.0761. The monoisotopic (exact) mass is 398 g/mol. The fourth-order valence-electron chi connectivity index (χ4n) is 3.71. The minimum absolute atomic E-state index is 0.0354. The number of carbonyl (C=O) groups excluding carboxylic acids is 1. The molecule has 1 fully saturated rings. The van der Waals surface area contributed by atoms with Crippen molar-refractivity contribution in [1.82, 2.24) is 9.88 Å². The number of fused-ring (bicyclic) bond motifs is 1. The first-order chi connectivity index (χ1) is 13.5. The van der Waals surface area contributed by atoms with E-state index in [1.807, 2.05) is 48.5 Å². The van der Waals surface area contributed by atoms with Crippen LogP contribution in [0.5, 0.6) is 5.75 Å². The van der Waals surface area contributed by atoms with Crippen molar-refractivity contribution in [2.45, 2.75) is 11.7 Å². The van der Waals surface area contributed by atoms with Gasteiger partial charge in [0.1, 0.15) is 11.4 Å². The van der Waals surface area contributed by atoms with E-state index in [4.69, 9.17) is 4.74 Å². The molecule has 1 aromatic heterocycles. The second-order valence-corrected chi connectivity index (χ2v) is 9.29. The van der Waals surface area contributed by atoms with Crippen molar-refractivity contribution in [3.63, 3.8) is 0 Å². The summed E-state index contributed by atoms with van der Waals surface area (Å²) in [6.07, 6.45) is 0.395. The summed E-state index contributed by atoms with van der Waals surface area (Å²) in [6, 6.07) is 16.6. The first-order valence-corrected chi connectivity index (χ1v) is 10.9. The molecule has 146 valence electrons. The van der Waals surface area contributed by atoms with Crippen molar-refractivity contribution >= 4 is 26.6 Å². The molecule has 1 unspecified atom stereocenters. The third-order valence-electron chi connectivity index (χ3n) is 5.26. The summed E-state index contributed by atoms with van der Waals surface area (Å²) in [5.41, 5.74) is 2.06. The highest BCUT2D eigenvalue weighted by atomic mass is 32.2. The Balaban J connectivity index is 1.58. The third-order valence-corrected chi connectivity index (χ3v) is 7.39. The van der Waals surface area contributed by atoms with Crippen molar-refractivity contribution in [1.29, 1.82) is 0 Å². The Morgan fingerprint density at radius 3 is 2.64 bits per heavy atom. The molecule has 1 aliphatic rings. The van der Waals surface area contributed by atoms with Gasteiger partial charge in [-0.3, -0.25) is 4.79 Å². The largest absolute Gasteiger partial charge is 0.497 e. The van der Waals surface area contributed by atoms with E-state index in [2.05, 4.69) is 4.98 Å². The zero-order chi connectivity index (χ0) is 19.7. The molecule has 6 nitrogen and oxygen atoms in total. The number of hydrogen-bond donors (Lipinski definition) is 1. The molecule has 1 aliphatic heterocycles. The minimum Gasteiger partial charge on any atom is -0.497 e. The van der Waals surface area contributed by atoms with Crippen molar-refractivity contribution in [3.05, 3.63) is 65.9 Å². The fraction of sp³-hybridized carbons (Fsp3) is 0.286. The predicted molar refractivity (Wildman–Crippen MR) is 108 cm³/mol. The van der Waals surface area contributed by atoms with E-state index in [9.17, 15) is 13.2 Å². The average molecular weight is 398 g/mol. The standard InChI is InChI=1S/C21H22N2O4S/c1-27-17-8-7-16-13-19(22-18(16)14-17)21(24)23-10-9-20(28(25,26)12-11-23)15-5-3-2-4-6-15/h2-8,13-14,20,22H,9-12H2,1H3. The number of benzene rings is 2. The van der Waals surface area contributed by atoms with Crippen molar-refractivity contribution < 1.29 is 17.9 Å². The second kappa shape index (κ2) is 7.31. The average Bonchev–Trinajstić information content (AvgIpc) is 3.06. The number of aromatic amines is 1. The molecule has 7 heteroatoms. The van der Waals surface area contributed by atoms with Crippen molar-refractivity contribution in [2.75, 3.05) is 26.0 Å². The number of ether oxygens (including phenoxy) is 1. The topological polar surface area (TPSA) is 79.5 Å². The van der Waals surface area contributed by atoms with Gasteiger partial charge in [0, 0.05) is 30.1 Å². The van der Waals surface area contributed by atoms with Crippen LogP contribution in [0.1, 0.15) is 27.7 Å². The number of amides is 1. The SMILES string of the molecule is COc1ccc2cc(C(=O)N3CCC(c4ccccc4)S(=O)(=O)CC3)[nH]c2c1. The van der Waals surface area contributed by atoms with Crippen LogP contribution in [0.3, 0.4) is 0 Å². The second-order valence-electron chi connectivity index (χ2n) is 6.98. The molecule has 0 spiro atoms.